The molecule has 190 valence electrons. The van der Waals surface area contributed by atoms with E-state index in [2.05, 4.69) is 15.6 Å². The molecule has 2 atom stereocenters. The molecule has 0 aliphatic carbocycles. The lowest BCUT2D eigenvalue weighted by Gasteiger charge is -2.34. The van der Waals surface area contributed by atoms with Gasteiger partial charge in [0, 0.05) is 25.5 Å². The summed E-state index contributed by atoms with van der Waals surface area (Å²) in [6, 6.07) is 7.22. The molecule has 0 saturated carbocycles. The number of hydrogen-bond donors (Lipinski definition) is 2. The van der Waals surface area contributed by atoms with E-state index in [0.29, 0.717) is 31.2 Å². The molecule has 1 aliphatic heterocycles. The third-order valence-electron chi connectivity index (χ3n) is 5.91. The van der Waals surface area contributed by atoms with E-state index in [4.69, 9.17) is 0 Å². The molecule has 2 N–H and O–H groups in total. The summed E-state index contributed by atoms with van der Waals surface area (Å²) in [5.74, 6) is -1.44. The largest absolute Gasteiger partial charge is 0.350 e. The van der Waals surface area contributed by atoms with Gasteiger partial charge < -0.3 is 10.6 Å². The molecule has 0 radical (unpaired) electrons. The Labute approximate surface area is 206 Å². The SMILES string of the molecule is CC(C)CC(NC(=O)C1CCCCN1S(=O)(=O)Cc1ccc(F)cc1)C(=O)NCc1cccnc1. The molecule has 1 fully saturated rings. The summed E-state index contributed by atoms with van der Waals surface area (Å²) in [6.07, 6.45) is 5.45. The summed E-state index contributed by atoms with van der Waals surface area (Å²) in [6.45, 7) is 4.41. The molecule has 35 heavy (non-hydrogen) atoms. The summed E-state index contributed by atoms with van der Waals surface area (Å²) in [7, 11) is -3.83. The Balaban J connectivity index is 1.70. The van der Waals surface area contributed by atoms with Crippen LogP contribution in [0.1, 0.15) is 50.7 Å². The van der Waals surface area contributed by atoms with E-state index in [1.54, 1.807) is 18.5 Å². The van der Waals surface area contributed by atoms with Crippen molar-refractivity contribution in [1.29, 1.82) is 0 Å². The van der Waals surface area contributed by atoms with Crippen LogP contribution in [0, 0.1) is 11.7 Å². The van der Waals surface area contributed by atoms with Gasteiger partial charge in [0.2, 0.25) is 21.8 Å². The van der Waals surface area contributed by atoms with Crippen LogP contribution in [0.4, 0.5) is 4.39 Å². The molecule has 1 aromatic heterocycles. The molecule has 0 spiro atoms. The number of amides is 2. The average Bonchev–Trinajstić information content (AvgIpc) is 2.83. The van der Waals surface area contributed by atoms with Gasteiger partial charge in [0.05, 0.1) is 5.75 Å². The molecule has 8 nitrogen and oxygen atoms in total. The number of carbonyl (C=O) groups is 2. The topological polar surface area (TPSA) is 108 Å². The molecular weight excluding hydrogens is 471 g/mol. The molecule has 2 heterocycles. The molecule has 0 bridgehead atoms. The van der Waals surface area contributed by atoms with Crippen molar-refractivity contribution in [2.24, 2.45) is 5.92 Å². The molecule has 1 aromatic carbocycles. The van der Waals surface area contributed by atoms with Gasteiger partial charge in [-0.1, -0.05) is 38.5 Å². The maximum Gasteiger partial charge on any atom is 0.242 e. The van der Waals surface area contributed by atoms with E-state index >= 15 is 0 Å². The zero-order valence-corrected chi connectivity index (χ0v) is 20.9. The third kappa shape index (κ3) is 7.83. The van der Waals surface area contributed by atoms with Gasteiger partial charge in [-0.2, -0.15) is 4.31 Å². The summed E-state index contributed by atoms with van der Waals surface area (Å²) in [5, 5.41) is 5.64. The first-order chi connectivity index (χ1) is 16.7. The average molecular weight is 505 g/mol. The zero-order valence-electron chi connectivity index (χ0n) is 20.1. The highest BCUT2D eigenvalue weighted by molar-refractivity contribution is 7.88. The van der Waals surface area contributed by atoms with Crippen molar-refractivity contribution in [3.63, 3.8) is 0 Å². The van der Waals surface area contributed by atoms with Gasteiger partial charge in [-0.15, -0.1) is 0 Å². The van der Waals surface area contributed by atoms with Crippen molar-refractivity contribution in [3.8, 4) is 0 Å². The Morgan fingerprint density at radius 2 is 1.89 bits per heavy atom. The smallest absolute Gasteiger partial charge is 0.242 e. The van der Waals surface area contributed by atoms with Crippen LogP contribution in [0.3, 0.4) is 0 Å². The van der Waals surface area contributed by atoms with E-state index in [9.17, 15) is 22.4 Å². The van der Waals surface area contributed by atoms with E-state index in [-0.39, 0.29) is 30.7 Å². The molecule has 1 aliphatic rings. The van der Waals surface area contributed by atoms with Crippen molar-refractivity contribution < 1.29 is 22.4 Å². The molecule has 2 aromatic rings. The minimum absolute atomic E-state index is 0.133. The van der Waals surface area contributed by atoms with Crippen LogP contribution in [0.5, 0.6) is 0 Å². The summed E-state index contributed by atoms with van der Waals surface area (Å²) in [4.78, 5) is 30.2. The van der Waals surface area contributed by atoms with Crippen LogP contribution >= 0.6 is 0 Å². The fraction of sp³-hybridized carbons (Fsp3) is 0.480. The lowest BCUT2D eigenvalue weighted by molar-refractivity contribution is -0.132. The molecule has 10 heteroatoms. The highest BCUT2D eigenvalue weighted by Gasteiger charge is 2.38. The number of hydrogen-bond acceptors (Lipinski definition) is 5. The number of rotatable bonds is 10. The predicted octanol–water partition coefficient (Wildman–Crippen LogP) is 2.75. The van der Waals surface area contributed by atoms with Gasteiger partial charge in [-0.05, 0) is 54.5 Å². The van der Waals surface area contributed by atoms with Crippen LogP contribution in [-0.2, 0) is 31.9 Å². The van der Waals surface area contributed by atoms with E-state index in [1.165, 1.54) is 28.6 Å². The first-order valence-corrected chi connectivity index (χ1v) is 13.5. The maximum absolute atomic E-state index is 13.3. The number of halogens is 1. The van der Waals surface area contributed by atoms with Crippen LogP contribution in [-0.4, -0.2) is 48.1 Å². The van der Waals surface area contributed by atoms with Crippen LogP contribution in [0.15, 0.2) is 48.8 Å². The van der Waals surface area contributed by atoms with E-state index in [1.807, 2.05) is 19.9 Å². The Hall–Kier alpha value is -2.85. The highest BCUT2D eigenvalue weighted by atomic mass is 32.2. The van der Waals surface area contributed by atoms with Gasteiger partial charge in [0.15, 0.2) is 0 Å². The van der Waals surface area contributed by atoms with E-state index in [0.717, 1.165) is 5.56 Å². The van der Waals surface area contributed by atoms with Gasteiger partial charge >= 0.3 is 0 Å². The number of carbonyl (C=O) groups excluding carboxylic acids is 2. The van der Waals surface area contributed by atoms with Crippen molar-refractivity contribution >= 4 is 21.8 Å². The number of nitrogens with zero attached hydrogens (tertiary/aromatic N) is 2. The van der Waals surface area contributed by atoms with Crippen LogP contribution < -0.4 is 10.6 Å². The fourth-order valence-electron chi connectivity index (χ4n) is 4.16. The lowest BCUT2D eigenvalue weighted by atomic mass is 10.0. The monoisotopic (exact) mass is 504 g/mol. The standard InChI is InChI=1S/C25H33FN4O4S/c1-18(2)14-22(24(31)28-16-20-6-5-12-27-15-20)29-25(32)23-7-3-4-13-30(23)35(33,34)17-19-8-10-21(26)11-9-19/h5-6,8-12,15,18,22-23H,3-4,7,13-14,16-17H2,1-2H3,(H,28,31)(H,29,32). The summed E-state index contributed by atoms with van der Waals surface area (Å²) >= 11 is 0. The third-order valence-corrected chi connectivity index (χ3v) is 7.76. The van der Waals surface area contributed by atoms with E-state index < -0.39 is 33.8 Å². The lowest BCUT2D eigenvalue weighted by Crippen LogP contribution is -2.56. The first-order valence-electron chi connectivity index (χ1n) is 11.9. The number of piperidine rings is 1. The fourth-order valence-corrected chi connectivity index (χ4v) is 5.94. The predicted molar refractivity (Wildman–Crippen MR) is 131 cm³/mol. The van der Waals surface area contributed by atoms with Gasteiger partial charge in [0.1, 0.15) is 17.9 Å². The van der Waals surface area contributed by atoms with Gasteiger partial charge in [-0.3, -0.25) is 14.6 Å². The molecule has 3 rings (SSSR count). The van der Waals surface area contributed by atoms with Crippen molar-refractivity contribution in [3.05, 3.63) is 65.7 Å². The summed E-state index contributed by atoms with van der Waals surface area (Å²) in [5.41, 5.74) is 1.28. The number of sulfonamides is 1. The normalized spacial score (nSPS) is 17.7. The van der Waals surface area contributed by atoms with Gasteiger partial charge in [-0.25, -0.2) is 12.8 Å². The second kappa shape index (κ2) is 12.2. The number of pyridine rings is 1. The maximum atomic E-state index is 13.3. The summed E-state index contributed by atoms with van der Waals surface area (Å²) < 4.78 is 40.8. The first kappa shape index (κ1) is 26.7. The Kier molecular flexibility index (Phi) is 9.33. The van der Waals surface area contributed by atoms with Crippen molar-refractivity contribution in [1.82, 2.24) is 19.9 Å². The van der Waals surface area contributed by atoms with Crippen LogP contribution in [0.25, 0.3) is 0 Å². The second-order valence-electron chi connectivity index (χ2n) is 9.27. The Bertz CT molecular complexity index is 1090. The zero-order chi connectivity index (χ0) is 25.4. The Morgan fingerprint density at radius 3 is 2.54 bits per heavy atom. The quantitative estimate of drug-likeness (QED) is 0.517. The number of nitrogens with one attached hydrogen (secondary N) is 2. The van der Waals surface area contributed by atoms with Crippen molar-refractivity contribution in [2.75, 3.05) is 6.54 Å². The molecule has 2 amide bonds. The minimum atomic E-state index is -3.83. The molecule has 2 unspecified atom stereocenters. The van der Waals surface area contributed by atoms with Gasteiger partial charge in [0.25, 0.3) is 0 Å². The second-order valence-corrected chi connectivity index (χ2v) is 11.2. The molecule has 1 saturated heterocycles. The number of benzene rings is 1. The van der Waals surface area contributed by atoms with Crippen molar-refractivity contribution in [2.45, 2.75) is 63.9 Å². The highest BCUT2D eigenvalue weighted by Crippen LogP contribution is 2.24. The minimum Gasteiger partial charge on any atom is -0.350 e. The van der Waals surface area contributed by atoms with Crippen LogP contribution in [0.2, 0.25) is 0 Å². The molecular formula is C25H33FN4O4S. The number of aromatic nitrogens is 1. The Morgan fingerprint density at radius 1 is 1.14 bits per heavy atom.